The van der Waals surface area contributed by atoms with Gasteiger partial charge in [-0.2, -0.15) is 5.26 Å². The van der Waals surface area contributed by atoms with E-state index >= 15 is 0 Å². The molecule has 1 unspecified atom stereocenters. The summed E-state index contributed by atoms with van der Waals surface area (Å²) in [6.07, 6.45) is 4.01. The Bertz CT molecular complexity index is 1140. The second kappa shape index (κ2) is 9.55. The third-order valence-electron chi connectivity index (χ3n) is 5.50. The molecule has 0 fully saturated rings. The van der Waals surface area contributed by atoms with Crippen molar-refractivity contribution >= 4 is 45.3 Å². The SMILES string of the molecule is CCc1cc(-c2nnc(SCC(=O)Nc3sc4c(c3C#N)CCC(C)C4)n2CC)cs1. The molecule has 0 bridgehead atoms. The molecule has 0 aliphatic heterocycles. The summed E-state index contributed by atoms with van der Waals surface area (Å²) < 4.78 is 2.05. The van der Waals surface area contributed by atoms with Gasteiger partial charge in [-0.3, -0.25) is 4.79 Å². The Kier molecular flexibility index (Phi) is 6.80. The van der Waals surface area contributed by atoms with Crippen molar-refractivity contribution in [2.24, 2.45) is 5.92 Å². The van der Waals surface area contributed by atoms with Crippen molar-refractivity contribution in [1.29, 1.82) is 5.26 Å². The topological polar surface area (TPSA) is 83.6 Å². The summed E-state index contributed by atoms with van der Waals surface area (Å²) in [4.78, 5) is 15.2. The number of anilines is 1. The summed E-state index contributed by atoms with van der Waals surface area (Å²) in [7, 11) is 0. The van der Waals surface area contributed by atoms with Gasteiger partial charge in [-0.1, -0.05) is 25.6 Å². The third kappa shape index (κ3) is 4.56. The Morgan fingerprint density at radius 3 is 2.97 bits per heavy atom. The van der Waals surface area contributed by atoms with Crippen LogP contribution in [0.3, 0.4) is 0 Å². The Balaban J connectivity index is 1.45. The molecule has 1 amide bonds. The second-order valence-corrected chi connectivity index (χ2v) is 10.8. The number of hydrogen-bond donors (Lipinski definition) is 1. The van der Waals surface area contributed by atoms with E-state index in [4.69, 9.17) is 0 Å². The van der Waals surface area contributed by atoms with Crippen LogP contribution in [0.15, 0.2) is 16.6 Å². The number of fused-ring (bicyclic) bond motifs is 1. The summed E-state index contributed by atoms with van der Waals surface area (Å²) in [6.45, 7) is 7.17. The zero-order chi connectivity index (χ0) is 22.0. The van der Waals surface area contributed by atoms with Gasteiger partial charge in [0.15, 0.2) is 11.0 Å². The van der Waals surface area contributed by atoms with Gasteiger partial charge in [0.2, 0.25) is 5.91 Å². The monoisotopic (exact) mass is 471 g/mol. The van der Waals surface area contributed by atoms with E-state index in [1.807, 2.05) is 4.57 Å². The number of nitrogens with zero attached hydrogens (tertiary/aromatic N) is 4. The summed E-state index contributed by atoms with van der Waals surface area (Å²) in [5.41, 5.74) is 2.85. The Morgan fingerprint density at radius 1 is 1.42 bits per heavy atom. The molecule has 3 aromatic heterocycles. The molecule has 9 heteroatoms. The highest BCUT2D eigenvalue weighted by Gasteiger charge is 2.25. The highest BCUT2D eigenvalue weighted by Crippen LogP contribution is 2.39. The Morgan fingerprint density at radius 2 is 2.26 bits per heavy atom. The lowest BCUT2D eigenvalue weighted by atomic mass is 9.89. The molecule has 0 saturated heterocycles. The summed E-state index contributed by atoms with van der Waals surface area (Å²) >= 11 is 4.67. The number of rotatable bonds is 7. The molecule has 1 atom stereocenters. The van der Waals surface area contributed by atoms with E-state index in [1.54, 1.807) is 22.7 Å². The van der Waals surface area contributed by atoms with Crippen LogP contribution in [0.5, 0.6) is 0 Å². The highest BCUT2D eigenvalue weighted by atomic mass is 32.2. The van der Waals surface area contributed by atoms with E-state index in [0.29, 0.717) is 16.5 Å². The van der Waals surface area contributed by atoms with Crippen molar-refractivity contribution in [1.82, 2.24) is 14.8 Å². The average molecular weight is 472 g/mol. The number of aromatic nitrogens is 3. The average Bonchev–Trinajstić information content (AvgIpc) is 3.47. The van der Waals surface area contributed by atoms with Gasteiger partial charge >= 0.3 is 0 Å². The lowest BCUT2D eigenvalue weighted by Crippen LogP contribution is -2.14. The molecule has 1 N–H and O–H groups in total. The smallest absolute Gasteiger partial charge is 0.235 e. The van der Waals surface area contributed by atoms with Crippen LogP contribution in [0.2, 0.25) is 0 Å². The minimum absolute atomic E-state index is 0.121. The third-order valence-corrected chi connectivity index (χ3v) is 8.72. The van der Waals surface area contributed by atoms with Gasteiger partial charge in [0.05, 0.1) is 11.3 Å². The molecule has 1 aliphatic carbocycles. The lowest BCUT2D eigenvalue weighted by Gasteiger charge is -2.17. The maximum Gasteiger partial charge on any atom is 0.235 e. The Hall–Kier alpha value is -2.15. The van der Waals surface area contributed by atoms with Crippen LogP contribution in [-0.2, 0) is 30.6 Å². The van der Waals surface area contributed by atoms with Crippen LogP contribution in [0.1, 0.15) is 48.1 Å². The van der Waals surface area contributed by atoms with Crippen LogP contribution in [0, 0.1) is 17.2 Å². The number of thiophene rings is 2. The molecule has 3 heterocycles. The standard InChI is InChI=1S/C22H25N5OS3/c1-4-15-9-14(11-29-15)20-25-26-22(27(20)5-2)30-12-19(28)24-21-17(10-23)16-7-6-13(3)8-18(16)31-21/h9,11,13H,4-8,12H2,1-3H3,(H,24,28). The molecular weight excluding hydrogens is 446 g/mol. The summed E-state index contributed by atoms with van der Waals surface area (Å²) in [5, 5.41) is 24.8. The van der Waals surface area contributed by atoms with E-state index in [1.165, 1.54) is 21.5 Å². The van der Waals surface area contributed by atoms with Gasteiger partial charge in [0.1, 0.15) is 11.1 Å². The zero-order valence-corrected chi connectivity index (χ0v) is 20.3. The molecule has 4 rings (SSSR count). The van der Waals surface area contributed by atoms with E-state index in [9.17, 15) is 10.1 Å². The lowest BCUT2D eigenvalue weighted by molar-refractivity contribution is -0.113. The van der Waals surface area contributed by atoms with Gasteiger partial charge in [0.25, 0.3) is 0 Å². The predicted molar refractivity (Wildman–Crippen MR) is 128 cm³/mol. The molecule has 0 aromatic carbocycles. The van der Waals surface area contributed by atoms with Crippen molar-refractivity contribution in [3.63, 3.8) is 0 Å². The van der Waals surface area contributed by atoms with Crippen LogP contribution in [0.25, 0.3) is 11.4 Å². The van der Waals surface area contributed by atoms with E-state index in [2.05, 4.69) is 53.8 Å². The number of nitriles is 1. The van der Waals surface area contributed by atoms with Crippen molar-refractivity contribution in [2.45, 2.75) is 58.2 Å². The highest BCUT2D eigenvalue weighted by molar-refractivity contribution is 7.99. The number of carbonyl (C=O) groups is 1. The number of nitrogens with one attached hydrogen (secondary N) is 1. The maximum atomic E-state index is 12.7. The normalized spacial score (nSPS) is 15.5. The van der Waals surface area contributed by atoms with Crippen LogP contribution in [-0.4, -0.2) is 26.4 Å². The molecule has 162 valence electrons. The van der Waals surface area contributed by atoms with E-state index in [-0.39, 0.29) is 11.7 Å². The largest absolute Gasteiger partial charge is 0.316 e. The molecule has 1 aliphatic rings. The number of carbonyl (C=O) groups excluding carboxylic acids is 1. The first kappa shape index (κ1) is 22.1. The number of aryl methyl sites for hydroxylation is 1. The first-order valence-corrected chi connectivity index (χ1v) is 13.2. The number of hydrogen-bond acceptors (Lipinski definition) is 7. The molecule has 6 nitrogen and oxygen atoms in total. The van der Waals surface area contributed by atoms with Gasteiger partial charge in [-0.25, -0.2) is 0 Å². The molecule has 0 saturated carbocycles. The minimum atomic E-state index is -0.121. The van der Waals surface area contributed by atoms with Crippen molar-refractivity contribution in [3.8, 4) is 17.5 Å². The molecule has 0 spiro atoms. The first-order chi connectivity index (χ1) is 15.0. The number of amides is 1. The van der Waals surface area contributed by atoms with Crippen LogP contribution in [0.4, 0.5) is 5.00 Å². The summed E-state index contributed by atoms with van der Waals surface area (Å²) in [6, 6.07) is 4.47. The van der Waals surface area contributed by atoms with Gasteiger partial charge in [-0.15, -0.1) is 32.9 Å². The molecule has 31 heavy (non-hydrogen) atoms. The fraction of sp³-hybridized carbons (Fsp3) is 0.455. The van der Waals surface area contributed by atoms with Gasteiger partial charge < -0.3 is 9.88 Å². The van der Waals surface area contributed by atoms with Crippen LogP contribution < -0.4 is 5.32 Å². The van der Waals surface area contributed by atoms with Crippen molar-refractivity contribution in [2.75, 3.05) is 11.1 Å². The first-order valence-electron chi connectivity index (χ1n) is 10.5. The van der Waals surface area contributed by atoms with Crippen molar-refractivity contribution in [3.05, 3.63) is 32.3 Å². The fourth-order valence-electron chi connectivity index (χ4n) is 3.83. The van der Waals surface area contributed by atoms with E-state index < -0.39 is 0 Å². The predicted octanol–water partition coefficient (Wildman–Crippen LogP) is 5.38. The van der Waals surface area contributed by atoms with Crippen molar-refractivity contribution < 1.29 is 4.79 Å². The second-order valence-electron chi connectivity index (χ2n) is 7.71. The van der Waals surface area contributed by atoms with Crippen LogP contribution >= 0.6 is 34.4 Å². The van der Waals surface area contributed by atoms with Gasteiger partial charge in [-0.05, 0) is 50.2 Å². The summed E-state index contributed by atoms with van der Waals surface area (Å²) in [5.74, 6) is 1.58. The van der Waals surface area contributed by atoms with Gasteiger partial charge in [0, 0.05) is 27.2 Å². The maximum absolute atomic E-state index is 12.7. The quantitative estimate of drug-likeness (QED) is 0.468. The Labute approximate surface area is 194 Å². The fourth-order valence-corrected chi connectivity index (χ4v) is 6.82. The minimum Gasteiger partial charge on any atom is -0.316 e. The molecule has 0 radical (unpaired) electrons. The molecular formula is C22H25N5OS3. The van der Waals surface area contributed by atoms with E-state index in [0.717, 1.165) is 54.3 Å². The molecule has 3 aromatic rings. The zero-order valence-electron chi connectivity index (χ0n) is 17.9. The number of thioether (sulfide) groups is 1.